The first-order valence-electron chi connectivity index (χ1n) is 19.3. The predicted octanol–water partition coefficient (Wildman–Crippen LogP) is 9.13. The van der Waals surface area contributed by atoms with E-state index in [4.69, 9.17) is 28.2 Å². The maximum atomic E-state index is 11.8. The molecule has 3 heterocycles. The number of aliphatic hydroxyl groups excluding tert-OH is 1. The normalized spacial score (nSPS) is 26.6. The van der Waals surface area contributed by atoms with Gasteiger partial charge in [-0.15, -0.1) is 0 Å². The average Bonchev–Trinajstić information content (AvgIpc) is 3.76. The highest BCUT2D eigenvalue weighted by molar-refractivity contribution is 6.74. The number of ether oxygens (including phenoxy) is 3. The van der Waals surface area contributed by atoms with E-state index in [1.807, 2.05) is 12.2 Å². The predicted molar refractivity (Wildman–Crippen MR) is 215 cm³/mol. The number of carboxylic acid groups (broad SMARTS) is 1. The molecule has 0 spiro atoms. The number of carboxylic acids is 1. The van der Waals surface area contributed by atoms with Crippen LogP contribution in [-0.2, 0) is 27.9 Å². The largest absolute Gasteiger partial charge is 0.472 e. The second-order valence-electron chi connectivity index (χ2n) is 18.5. The van der Waals surface area contributed by atoms with Gasteiger partial charge in [-0.05, 0) is 81.2 Å². The molecule has 0 aliphatic carbocycles. The average molecular weight is 759 g/mol. The minimum Gasteiger partial charge on any atom is -0.472 e. The maximum Gasteiger partial charge on any atom is 0.381 e. The van der Waals surface area contributed by atoms with Crippen molar-refractivity contribution in [3.63, 3.8) is 0 Å². The number of rotatable bonds is 17. The summed E-state index contributed by atoms with van der Waals surface area (Å²) >= 11 is 0. The Bertz CT molecular complexity index is 1360. The van der Waals surface area contributed by atoms with Crippen molar-refractivity contribution in [1.29, 1.82) is 0 Å². The van der Waals surface area contributed by atoms with Gasteiger partial charge >= 0.3 is 5.97 Å². The first kappa shape index (κ1) is 44.6. The number of hydrogen-bond acceptors (Lipinski definition) is 7. The van der Waals surface area contributed by atoms with Crippen molar-refractivity contribution in [2.24, 2.45) is 5.92 Å². The monoisotopic (exact) mass is 758 g/mol. The van der Waals surface area contributed by atoms with Gasteiger partial charge in [0, 0.05) is 18.8 Å². The molecule has 0 amide bonds. The molecule has 0 aromatic heterocycles. The van der Waals surface area contributed by atoms with Crippen LogP contribution in [0, 0.1) is 17.8 Å². The summed E-state index contributed by atoms with van der Waals surface area (Å²) in [5.41, 5.74) is 2.44. The standard InChI is InChI=1S/C42H70O8Si2/c1-29-22-23-46-33(25-29)20-21-36(49-51(10,11)41(4,5)6)35(43)28-37-40(48-37)38(50-52(12,13)42(7,8)9)27-31(3)24-30(2)26-34-18-14-16-32(47-34)17-15-19-39(44)45/h14,16,20-22,30,32-38,40,43H,3,17-18,23-28H2,1-2,4-13H3,(H,44,45)/b21-20+/t30-,32-,33+,34-,35-,36-,37-,38-,40+/m0/s1. The summed E-state index contributed by atoms with van der Waals surface area (Å²) in [4.78, 5) is 10.8. The minimum absolute atomic E-state index is 0.00412. The lowest BCUT2D eigenvalue weighted by Gasteiger charge is -2.40. The highest BCUT2D eigenvalue weighted by atomic mass is 28.4. The minimum atomic E-state index is -2.20. The Kier molecular flexibility index (Phi) is 16.0. The fourth-order valence-corrected chi connectivity index (χ4v) is 8.93. The number of aliphatic hydroxyl groups is 1. The van der Waals surface area contributed by atoms with Crippen molar-refractivity contribution < 1.29 is 38.1 Å². The van der Waals surface area contributed by atoms with E-state index >= 15 is 0 Å². The molecular formula is C42H70O8Si2. The van der Waals surface area contributed by atoms with Gasteiger partial charge < -0.3 is 33.3 Å². The van der Waals surface area contributed by atoms with E-state index in [2.05, 4.69) is 118 Å². The van der Waals surface area contributed by atoms with Gasteiger partial charge in [0.05, 0.1) is 49.3 Å². The van der Waals surface area contributed by atoms with Crippen LogP contribution < -0.4 is 0 Å². The summed E-state index contributed by atoms with van der Waals surface area (Å²) < 4.78 is 32.4. The van der Waals surface area contributed by atoms with E-state index in [0.717, 1.165) is 31.3 Å². The Hall–Kier alpha value is -1.82. The molecule has 52 heavy (non-hydrogen) atoms. The van der Waals surface area contributed by atoms with Crippen molar-refractivity contribution >= 4 is 22.6 Å². The lowest BCUT2D eigenvalue weighted by Crippen LogP contribution is -2.47. The van der Waals surface area contributed by atoms with Crippen LogP contribution in [0.15, 0.2) is 48.1 Å². The SMILES string of the molecule is C=C(C[C@H](C)C[C@@H]1CC=C[C@@H](CC#CC(=O)O)O1)C[C@H](O[Si](C)(C)C(C)(C)C)[C@@H]1O[C@H]1C[C@H](O)[C@H](/C=C/[C@@H]1CC(C)=CCO1)O[Si](C)(C)C(C)(C)C. The fourth-order valence-electron chi connectivity index (χ4n) is 6.34. The molecule has 294 valence electrons. The molecule has 0 saturated carbocycles. The van der Waals surface area contributed by atoms with Gasteiger partial charge in [0.25, 0.3) is 0 Å². The summed E-state index contributed by atoms with van der Waals surface area (Å²) in [6.45, 7) is 31.9. The Balaban J connectivity index is 1.68. The van der Waals surface area contributed by atoms with Crippen LogP contribution in [0.1, 0.15) is 100 Å². The zero-order chi connectivity index (χ0) is 39.1. The Morgan fingerprint density at radius 3 is 2.33 bits per heavy atom. The van der Waals surface area contributed by atoms with Gasteiger partial charge in [0.15, 0.2) is 16.6 Å². The molecule has 8 nitrogen and oxygen atoms in total. The number of epoxide rings is 1. The third kappa shape index (κ3) is 14.1. The van der Waals surface area contributed by atoms with Crippen LogP contribution in [-0.4, -0.2) is 88.3 Å². The van der Waals surface area contributed by atoms with Crippen LogP contribution in [0.25, 0.3) is 0 Å². The topological polar surface area (TPSA) is 107 Å². The molecule has 0 bridgehead atoms. The Morgan fingerprint density at radius 2 is 1.71 bits per heavy atom. The number of carbonyl (C=O) groups is 1. The maximum absolute atomic E-state index is 11.8. The molecular weight excluding hydrogens is 689 g/mol. The van der Waals surface area contributed by atoms with Crippen molar-refractivity contribution in [2.75, 3.05) is 6.61 Å². The summed E-state index contributed by atoms with van der Waals surface area (Å²) in [6, 6.07) is 0. The molecule has 2 N–H and O–H groups in total. The first-order chi connectivity index (χ1) is 24.0. The van der Waals surface area contributed by atoms with Gasteiger partial charge in [-0.1, -0.05) is 102 Å². The molecule has 1 fully saturated rings. The fraction of sp³-hybridized carbons (Fsp3) is 0.738. The van der Waals surface area contributed by atoms with Crippen molar-refractivity contribution in [2.45, 2.75) is 185 Å². The number of hydrogen-bond donors (Lipinski definition) is 2. The quantitative estimate of drug-likeness (QED) is 0.0655. The molecule has 0 radical (unpaired) electrons. The van der Waals surface area contributed by atoms with Crippen LogP contribution in [0.4, 0.5) is 0 Å². The van der Waals surface area contributed by atoms with Crippen LogP contribution >= 0.6 is 0 Å². The molecule has 0 aromatic rings. The lowest BCUT2D eigenvalue weighted by atomic mass is 9.91. The lowest BCUT2D eigenvalue weighted by molar-refractivity contribution is -0.130. The highest BCUT2D eigenvalue weighted by Gasteiger charge is 2.51. The van der Waals surface area contributed by atoms with Gasteiger partial charge in [0.2, 0.25) is 0 Å². The molecule has 0 aromatic carbocycles. The molecule has 1 saturated heterocycles. The highest BCUT2D eigenvalue weighted by Crippen LogP contribution is 2.43. The van der Waals surface area contributed by atoms with Crippen molar-refractivity contribution in [3.8, 4) is 11.8 Å². The van der Waals surface area contributed by atoms with E-state index in [-0.39, 0.29) is 46.7 Å². The van der Waals surface area contributed by atoms with Crippen molar-refractivity contribution in [1.82, 2.24) is 0 Å². The molecule has 3 aliphatic heterocycles. The summed E-state index contributed by atoms with van der Waals surface area (Å²) in [5.74, 6) is 4.09. The van der Waals surface area contributed by atoms with E-state index in [0.29, 0.717) is 31.8 Å². The Morgan fingerprint density at radius 1 is 1.06 bits per heavy atom. The van der Waals surface area contributed by atoms with E-state index < -0.39 is 34.8 Å². The first-order valence-corrected chi connectivity index (χ1v) is 25.1. The van der Waals surface area contributed by atoms with Gasteiger partial charge in [0.1, 0.15) is 6.10 Å². The molecule has 9 atom stereocenters. The molecule has 3 rings (SSSR count). The summed E-state index contributed by atoms with van der Waals surface area (Å²) in [5, 5.41) is 20.6. The van der Waals surface area contributed by atoms with Crippen LogP contribution in [0.2, 0.25) is 36.3 Å². The zero-order valence-corrected chi connectivity index (χ0v) is 36.3. The van der Waals surface area contributed by atoms with Crippen LogP contribution in [0.5, 0.6) is 0 Å². The van der Waals surface area contributed by atoms with E-state index in [9.17, 15) is 9.90 Å². The van der Waals surface area contributed by atoms with Gasteiger partial charge in [-0.2, -0.15) is 0 Å². The van der Waals surface area contributed by atoms with Crippen molar-refractivity contribution in [3.05, 3.63) is 48.1 Å². The summed E-state index contributed by atoms with van der Waals surface area (Å²) in [6.07, 6.45) is 13.5. The van der Waals surface area contributed by atoms with Gasteiger partial charge in [-0.3, -0.25) is 0 Å². The second kappa shape index (κ2) is 18.7. The molecule has 0 unspecified atom stereocenters. The Labute approximate surface area is 317 Å². The molecule has 3 aliphatic rings. The smallest absolute Gasteiger partial charge is 0.381 e. The third-order valence-electron chi connectivity index (χ3n) is 11.5. The van der Waals surface area contributed by atoms with E-state index in [1.165, 1.54) is 5.57 Å². The molecule has 10 heteroatoms. The van der Waals surface area contributed by atoms with E-state index in [1.54, 1.807) is 0 Å². The van der Waals surface area contributed by atoms with Crippen LogP contribution in [0.3, 0.4) is 0 Å². The summed E-state index contributed by atoms with van der Waals surface area (Å²) in [7, 11) is -4.34. The third-order valence-corrected chi connectivity index (χ3v) is 20.5. The second-order valence-corrected chi connectivity index (χ2v) is 28.0. The number of aliphatic carboxylic acids is 1. The zero-order valence-electron chi connectivity index (χ0n) is 34.3. The van der Waals surface area contributed by atoms with Gasteiger partial charge in [-0.25, -0.2) is 4.79 Å².